The van der Waals surface area contributed by atoms with Crippen LogP contribution in [0.5, 0.6) is 0 Å². The number of nitrogens with one attached hydrogen (secondary N) is 1. The van der Waals surface area contributed by atoms with Gasteiger partial charge in [-0.25, -0.2) is 0 Å². The van der Waals surface area contributed by atoms with Crippen LogP contribution in [0.4, 0.5) is 0 Å². The fourth-order valence-corrected chi connectivity index (χ4v) is 3.11. The average Bonchev–Trinajstić information content (AvgIpc) is 2.78. The summed E-state index contributed by atoms with van der Waals surface area (Å²) in [5.74, 6) is 0.658. The van der Waals surface area contributed by atoms with Crippen molar-refractivity contribution >= 4 is 11.6 Å². The van der Waals surface area contributed by atoms with Gasteiger partial charge in [0.25, 0.3) is 0 Å². The van der Waals surface area contributed by atoms with Crippen LogP contribution in [0.15, 0.2) is 6.20 Å². The van der Waals surface area contributed by atoms with E-state index in [-0.39, 0.29) is 0 Å². The quantitative estimate of drug-likeness (QED) is 0.848. The third-order valence-electron chi connectivity index (χ3n) is 4.18. The minimum absolute atomic E-state index is 0.326. The molecule has 0 aromatic carbocycles. The van der Waals surface area contributed by atoms with Gasteiger partial charge in [0.1, 0.15) is 0 Å². The minimum Gasteiger partial charge on any atom is -0.308 e. The maximum Gasteiger partial charge on any atom is 0.0834 e. The number of nitrogens with zero attached hydrogens (tertiary/aromatic N) is 2. The van der Waals surface area contributed by atoms with E-state index in [0.717, 1.165) is 18.0 Å². The lowest BCUT2D eigenvalue weighted by molar-refractivity contribution is 0.377. The van der Waals surface area contributed by atoms with Crippen molar-refractivity contribution in [2.75, 3.05) is 6.54 Å². The van der Waals surface area contributed by atoms with Gasteiger partial charge in [0.15, 0.2) is 0 Å². The van der Waals surface area contributed by atoms with E-state index in [1.807, 2.05) is 0 Å². The summed E-state index contributed by atoms with van der Waals surface area (Å²) in [5, 5.41) is 8.92. The van der Waals surface area contributed by atoms with Gasteiger partial charge in [-0.2, -0.15) is 5.10 Å². The van der Waals surface area contributed by atoms with Gasteiger partial charge in [-0.3, -0.25) is 4.68 Å². The van der Waals surface area contributed by atoms with Gasteiger partial charge >= 0.3 is 0 Å². The number of aromatic nitrogens is 2. The number of hydrogen-bond donors (Lipinski definition) is 1. The Labute approximate surface area is 121 Å². The zero-order valence-electron chi connectivity index (χ0n) is 12.7. The monoisotopic (exact) mass is 283 g/mol. The second-order valence-corrected chi connectivity index (χ2v) is 7.05. The standard InChI is InChI=1S/C15H26ClN3/c1-6-7-17-13(11-8-15(11,4)5)14-12(16)9-18-19(14)10(2)3/h9-11,13,17H,6-8H2,1-5H3. The lowest BCUT2D eigenvalue weighted by atomic mass is 10.0. The molecule has 0 radical (unpaired) electrons. The molecule has 1 heterocycles. The van der Waals surface area contributed by atoms with Crippen molar-refractivity contribution in [1.29, 1.82) is 0 Å². The van der Waals surface area contributed by atoms with Crippen LogP contribution in [0, 0.1) is 11.3 Å². The number of halogens is 1. The highest BCUT2D eigenvalue weighted by atomic mass is 35.5. The van der Waals surface area contributed by atoms with Gasteiger partial charge in [-0.15, -0.1) is 0 Å². The zero-order valence-corrected chi connectivity index (χ0v) is 13.5. The van der Waals surface area contributed by atoms with E-state index in [2.05, 4.69) is 49.7 Å². The molecule has 0 spiro atoms. The fourth-order valence-electron chi connectivity index (χ4n) is 2.86. The van der Waals surface area contributed by atoms with Crippen molar-refractivity contribution in [1.82, 2.24) is 15.1 Å². The highest BCUT2D eigenvalue weighted by Crippen LogP contribution is 2.58. The molecule has 0 aliphatic heterocycles. The molecule has 1 aromatic heterocycles. The summed E-state index contributed by atoms with van der Waals surface area (Å²) in [6.07, 6.45) is 4.18. The van der Waals surface area contributed by atoms with Crippen LogP contribution in [0.2, 0.25) is 5.02 Å². The Morgan fingerprint density at radius 1 is 1.53 bits per heavy atom. The number of rotatable bonds is 6. The third kappa shape index (κ3) is 2.97. The van der Waals surface area contributed by atoms with E-state index in [1.165, 1.54) is 12.1 Å². The smallest absolute Gasteiger partial charge is 0.0834 e. The SMILES string of the molecule is CCCNC(c1c(Cl)cnn1C(C)C)C1CC1(C)C. The summed E-state index contributed by atoms with van der Waals surface area (Å²) in [6.45, 7) is 12.2. The molecule has 2 rings (SSSR count). The van der Waals surface area contributed by atoms with Crippen molar-refractivity contribution in [3.05, 3.63) is 16.9 Å². The van der Waals surface area contributed by atoms with Gasteiger partial charge in [0.05, 0.1) is 23.0 Å². The van der Waals surface area contributed by atoms with Crippen LogP contribution < -0.4 is 5.32 Å². The van der Waals surface area contributed by atoms with E-state index >= 15 is 0 Å². The van der Waals surface area contributed by atoms with Crippen molar-refractivity contribution in [3.8, 4) is 0 Å². The maximum absolute atomic E-state index is 6.40. The van der Waals surface area contributed by atoms with Crippen LogP contribution in [-0.4, -0.2) is 16.3 Å². The molecule has 1 saturated carbocycles. The van der Waals surface area contributed by atoms with Crippen LogP contribution in [0.3, 0.4) is 0 Å². The molecule has 3 nitrogen and oxygen atoms in total. The first-order valence-corrected chi connectivity index (χ1v) is 7.72. The molecule has 19 heavy (non-hydrogen) atoms. The highest BCUT2D eigenvalue weighted by molar-refractivity contribution is 6.31. The van der Waals surface area contributed by atoms with Crippen LogP contribution in [0.1, 0.15) is 65.2 Å². The summed E-state index contributed by atoms with van der Waals surface area (Å²) in [4.78, 5) is 0. The molecule has 108 valence electrons. The Morgan fingerprint density at radius 2 is 2.16 bits per heavy atom. The molecule has 0 amide bonds. The Kier molecular flexibility index (Phi) is 4.26. The Hall–Kier alpha value is -0.540. The van der Waals surface area contributed by atoms with E-state index in [4.69, 9.17) is 11.6 Å². The van der Waals surface area contributed by atoms with Gasteiger partial charge in [0, 0.05) is 6.04 Å². The lowest BCUT2D eigenvalue weighted by Gasteiger charge is -2.23. The first kappa shape index (κ1) is 14.9. The second-order valence-electron chi connectivity index (χ2n) is 6.65. The predicted molar refractivity (Wildman–Crippen MR) is 80.5 cm³/mol. The molecule has 1 aliphatic rings. The first-order valence-electron chi connectivity index (χ1n) is 7.34. The normalized spacial score (nSPS) is 22.8. The summed E-state index contributed by atoms with van der Waals surface area (Å²) in [6, 6.07) is 0.669. The van der Waals surface area contributed by atoms with Crippen LogP contribution in [-0.2, 0) is 0 Å². The van der Waals surface area contributed by atoms with E-state index < -0.39 is 0 Å². The Bertz CT molecular complexity index is 437. The van der Waals surface area contributed by atoms with Crippen LogP contribution in [0.25, 0.3) is 0 Å². The third-order valence-corrected chi connectivity index (χ3v) is 4.47. The zero-order chi connectivity index (χ0) is 14.2. The van der Waals surface area contributed by atoms with Crippen molar-refractivity contribution in [3.63, 3.8) is 0 Å². The largest absolute Gasteiger partial charge is 0.308 e. The van der Waals surface area contributed by atoms with Crippen molar-refractivity contribution < 1.29 is 0 Å². The molecule has 1 aliphatic carbocycles. The predicted octanol–water partition coefficient (Wildman–Crippen LogP) is 4.20. The Balaban J connectivity index is 2.30. The van der Waals surface area contributed by atoms with Gasteiger partial charge in [0.2, 0.25) is 0 Å². The molecule has 1 aromatic rings. The van der Waals surface area contributed by atoms with Crippen LogP contribution >= 0.6 is 11.6 Å². The molecule has 2 atom stereocenters. The van der Waals surface area contributed by atoms with E-state index in [0.29, 0.717) is 23.4 Å². The maximum atomic E-state index is 6.40. The number of hydrogen-bond acceptors (Lipinski definition) is 2. The molecule has 2 unspecified atom stereocenters. The van der Waals surface area contributed by atoms with Crippen molar-refractivity contribution in [2.24, 2.45) is 11.3 Å². The topological polar surface area (TPSA) is 29.9 Å². The molecular weight excluding hydrogens is 258 g/mol. The summed E-state index contributed by atoms with van der Waals surface area (Å²) < 4.78 is 2.07. The summed E-state index contributed by atoms with van der Waals surface area (Å²) in [5.41, 5.74) is 1.58. The molecule has 1 fully saturated rings. The average molecular weight is 284 g/mol. The summed E-state index contributed by atoms with van der Waals surface area (Å²) >= 11 is 6.40. The van der Waals surface area contributed by atoms with E-state index in [9.17, 15) is 0 Å². The fraction of sp³-hybridized carbons (Fsp3) is 0.800. The first-order chi connectivity index (χ1) is 8.88. The molecule has 0 bridgehead atoms. The highest BCUT2D eigenvalue weighted by Gasteiger charge is 2.51. The van der Waals surface area contributed by atoms with Gasteiger partial charge in [-0.05, 0) is 44.6 Å². The molecule has 0 saturated heterocycles. The lowest BCUT2D eigenvalue weighted by Crippen LogP contribution is -2.28. The molecule has 4 heteroatoms. The molecular formula is C15H26ClN3. The molecule has 1 N–H and O–H groups in total. The summed E-state index contributed by atoms with van der Waals surface area (Å²) in [7, 11) is 0. The second kappa shape index (κ2) is 5.45. The van der Waals surface area contributed by atoms with E-state index in [1.54, 1.807) is 6.20 Å². The minimum atomic E-state index is 0.326. The van der Waals surface area contributed by atoms with Crippen molar-refractivity contribution in [2.45, 2.75) is 59.5 Å². The van der Waals surface area contributed by atoms with Gasteiger partial charge < -0.3 is 5.32 Å². The Morgan fingerprint density at radius 3 is 2.63 bits per heavy atom. The van der Waals surface area contributed by atoms with Gasteiger partial charge in [-0.1, -0.05) is 32.4 Å².